The summed E-state index contributed by atoms with van der Waals surface area (Å²) in [6, 6.07) is 9.74. The number of halogens is 1. The van der Waals surface area contributed by atoms with Gasteiger partial charge in [0.25, 0.3) is 0 Å². The molecule has 0 saturated heterocycles. The van der Waals surface area contributed by atoms with Gasteiger partial charge in [-0.3, -0.25) is 0 Å². The lowest BCUT2D eigenvalue weighted by Crippen LogP contribution is -2.09. The highest BCUT2D eigenvalue weighted by Gasteiger charge is 2.06. The Kier molecular flexibility index (Phi) is 4.68. The summed E-state index contributed by atoms with van der Waals surface area (Å²) >= 11 is 5.94. The van der Waals surface area contributed by atoms with Crippen LogP contribution in [0.1, 0.15) is 20.3 Å². The summed E-state index contributed by atoms with van der Waals surface area (Å²) in [6.45, 7) is 5.18. The van der Waals surface area contributed by atoms with Crippen LogP contribution in [0.4, 0.5) is 5.95 Å². The Labute approximate surface area is 118 Å². The first-order chi connectivity index (χ1) is 9.15. The maximum absolute atomic E-state index is 5.94. The zero-order valence-corrected chi connectivity index (χ0v) is 11.9. The second-order valence-corrected chi connectivity index (χ2v) is 5.07. The maximum Gasteiger partial charge on any atom is 0.227 e. The standard InChI is InChI=1S/C14H17ClN4/c1-10(2)8-9-16-14-18-12(17-13(15)19-14)11-6-4-3-5-7-11/h3-7,10H,8-9H2,1-2H3,(H,16,17,18,19). The number of hydrogen-bond donors (Lipinski definition) is 1. The van der Waals surface area contributed by atoms with E-state index in [1.54, 1.807) is 0 Å². The van der Waals surface area contributed by atoms with E-state index in [4.69, 9.17) is 11.6 Å². The Bertz CT molecular complexity index is 528. The van der Waals surface area contributed by atoms with E-state index in [2.05, 4.69) is 34.1 Å². The van der Waals surface area contributed by atoms with Gasteiger partial charge >= 0.3 is 0 Å². The van der Waals surface area contributed by atoms with Crippen LogP contribution in [-0.4, -0.2) is 21.5 Å². The topological polar surface area (TPSA) is 50.7 Å². The molecule has 0 aliphatic heterocycles. The Balaban J connectivity index is 2.16. The lowest BCUT2D eigenvalue weighted by Gasteiger charge is -2.08. The van der Waals surface area contributed by atoms with Crippen molar-refractivity contribution < 1.29 is 0 Å². The summed E-state index contributed by atoms with van der Waals surface area (Å²) in [7, 11) is 0. The van der Waals surface area contributed by atoms with Crippen LogP contribution in [0.2, 0.25) is 5.28 Å². The predicted octanol–water partition coefficient (Wildman–Crippen LogP) is 3.65. The van der Waals surface area contributed by atoms with Crippen molar-refractivity contribution in [2.24, 2.45) is 5.92 Å². The van der Waals surface area contributed by atoms with E-state index >= 15 is 0 Å². The predicted molar refractivity (Wildman–Crippen MR) is 78.2 cm³/mol. The van der Waals surface area contributed by atoms with Gasteiger partial charge in [0, 0.05) is 12.1 Å². The molecule has 0 unspecified atom stereocenters. The van der Waals surface area contributed by atoms with Crippen LogP contribution in [0.5, 0.6) is 0 Å². The average molecular weight is 277 g/mol. The van der Waals surface area contributed by atoms with Crippen LogP contribution >= 0.6 is 11.6 Å². The van der Waals surface area contributed by atoms with Gasteiger partial charge in [-0.05, 0) is 23.9 Å². The Morgan fingerprint density at radius 3 is 2.53 bits per heavy atom. The van der Waals surface area contributed by atoms with Crippen LogP contribution < -0.4 is 5.32 Å². The van der Waals surface area contributed by atoms with Crippen molar-refractivity contribution in [2.75, 3.05) is 11.9 Å². The molecule has 5 heteroatoms. The van der Waals surface area contributed by atoms with Crippen molar-refractivity contribution in [2.45, 2.75) is 20.3 Å². The van der Waals surface area contributed by atoms with E-state index in [-0.39, 0.29) is 5.28 Å². The quantitative estimate of drug-likeness (QED) is 0.906. The number of anilines is 1. The first kappa shape index (κ1) is 13.7. The molecule has 1 aromatic heterocycles. The molecule has 0 radical (unpaired) electrons. The van der Waals surface area contributed by atoms with Crippen molar-refractivity contribution in [1.82, 2.24) is 15.0 Å². The molecule has 19 heavy (non-hydrogen) atoms. The molecule has 4 nitrogen and oxygen atoms in total. The lowest BCUT2D eigenvalue weighted by atomic mass is 10.1. The van der Waals surface area contributed by atoms with Gasteiger partial charge in [-0.2, -0.15) is 15.0 Å². The largest absolute Gasteiger partial charge is 0.354 e. The van der Waals surface area contributed by atoms with E-state index in [1.807, 2.05) is 30.3 Å². The Hall–Kier alpha value is -1.68. The fourth-order valence-corrected chi connectivity index (χ4v) is 1.78. The van der Waals surface area contributed by atoms with Gasteiger partial charge in [0.05, 0.1) is 0 Å². The highest BCUT2D eigenvalue weighted by atomic mass is 35.5. The van der Waals surface area contributed by atoms with Gasteiger partial charge in [0.2, 0.25) is 11.2 Å². The average Bonchev–Trinajstić information content (AvgIpc) is 2.39. The molecule has 0 aliphatic rings. The molecule has 0 saturated carbocycles. The lowest BCUT2D eigenvalue weighted by molar-refractivity contribution is 0.606. The van der Waals surface area contributed by atoms with Crippen LogP contribution in [0.25, 0.3) is 11.4 Å². The SMILES string of the molecule is CC(C)CCNc1nc(Cl)nc(-c2ccccc2)n1. The minimum absolute atomic E-state index is 0.209. The van der Waals surface area contributed by atoms with Gasteiger partial charge in [0.1, 0.15) is 0 Å². The first-order valence-electron chi connectivity index (χ1n) is 6.36. The molecular formula is C14H17ClN4. The highest BCUT2D eigenvalue weighted by Crippen LogP contribution is 2.17. The van der Waals surface area contributed by atoms with E-state index < -0.39 is 0 Å². The number of rotatable bonds is 5. The van der Waals surface area contributed by atoms with Gasteiger partial charge in [0.15, 0.2) is 5.82 Å². The maximum atomic E-state index is 5.94. The number of nitrogens with one attached hydrogen (secondary N) is 1. The molecule has 2 aromatic rings. The van der Waals surface area contributed by atoms with Gasteiger partial charge < -0.3 is 5.32 Å². The third-order valence-electron chi connectivity index (χ3n) is 2.64. The number of benzene rings is 1. The molecule has 0 bridgehead atoms. The molecule has 1 aromatic carbocycles. The number of aromatic nitrogens is 3. The zero-order valence-electron chi connectivity index (χ0n) is 11.1. The Morgan fingerprint density at radius 2 is 1.84 bits per heavy atom. The Morgan fingerprint density at radius 1 is 1.11 bits per heavy atom. The fourth-order valence-electron chi connectivity index (χ4n) is 1.62. The van der Waals surface area contributed by atoms with Crippen molar-refractivity contribution in [3.8, 4) is 11.4 Å². The normalized spacial score (nSPS) is 10.7. The molecule has 100 valence electrons. The van der Waals surface area contributed by atoms with Crippen LogP contribution in [0.15, 0.2) is 30.3 Å². The van der Waals surface area contributed by atoms with E-state index in [0.717, 1.165) is 18.5 Å². The van der Waals surface area contributed by atoms with Crippen LogP contribution in [-0.2, 0) is 0 Å². The third kappa shape index (κ3) is 4.17. The summed E-state index contributed by atoms with van der Waals surface area (Å²) in [5.41, 5.74) is 0.929. The molecule has 0 aliphatic carbocycles. The smallest absolute Gasteiger partial charge is 0.227 e. The summed E-state index contributed by atoms with van der Waals surface area (Å²) in [5, 5.41) is 3.39. The minimum atomic E-state index is 0.209. The third-order valence-corrected chi connectivity index (χ3v) is 2.81. The second kappa shape index (κ2) is 6.48. The van der Waals surface area contributed by atoms with Crippen molar-refractivity contribution in [1.29, 1.82) is 0 Å². The van der Waals surface area contributed by atoms with Gasteiger partial charge in [-0.1, -0.05) is 44.2 Å². The van der Waals surface area contributed by atoms with Crippen molar-refractivity contribution in [3.05, 3.63) is 35.6 Å². The summed E-state index contributed by atoms with van der Waals surface area (Å²) in [5.74, 6) is 1.76. The van der Waals surface area contributed by atoms with Crippen molar-refractivity contribution in [3.63, 3.8) is 0 Å². The summed E-state index contributed by atoms with van der Waals surface area (Å²) in [6.07, 6.45) is 1.06. The molecule has 0 fully saturated rings. The molecule has 1 N–H and O–H groups in total. The van der Waals surface area contributed by atoms with Crippen molar-refractivity contribution >= 4 is 17.5 Å². The minimum Gasteiger partial charge on any atom is -0.354 e. The van der Waals surface area contributed by atoms with Crippen LogP contribution in [0.3, 0.4) is 0 Å². The molecule has 2 rings (SSSR count). The second-order valence-electron chi connectivity index (χ2n) is 4.73. The molecule has 0 spiro atoms. The van der Waals surface area contributed by atoms with Gasteiger partial charge in [-0.15, -0.1) is 0 Å². The van der Waals surface area contributed by atoms with E-state index in [9.17, 15) is 0 Å². The van der Waals surface area contributed by atoms with E-state index in [0.29, 0.717) is 17.7 Å². The summed E-state index contributed by atoms with van der Waals surface area (Å²) < 4.78 is 0. The molecule has 0 amide bonds. The monoisotopic (exact) mass is 276 g/mol. The van der Waals surface area contributed by atoms with Gasteiger partial charge in [-0.25, -0.2) is 0 Å². The number of nitrogens with zero attached hydrogens (tertiary/aromatic N) is 3. The summed E-state index contributed by atoms with van der Waals surface area (Å²) in [4.78, 5) is 12.6. The molecule has 0 atom stereocenters. The zero-order chi connectivity index (χ0) is 13.7. The first-order valence-corrected chi connectivity index (χ1v) is 6.74. The highest BCUT2D eigenvalue weighted by molar-refractivity contribution is 6.28. The fraction of sp³-hybridized carbons (Fsp3) is 0.357. The molecular weight excluding hydrogens is 260 g/mol. The number of hydrogen-bond acceptors (Lipinski definition) is 4. The van der Waals surface area contributed by atoms with Crippen LogP contribution in [0, 0.1) is 5.92 Å². The van der Waals surface area contributed by atoms with E-state index in [1.165, 1.54) is 0 Å². The molecule has 1 heterocycles.